The van der Waals surface area contributed by atoms with Gasteiger partial charge in [-0.15, -0.1) is 10.2 Å². The third kappa shape index (κ3) is 4.92. The summed E-state index contributed by atoms with van der Waals surface area (Å²) in [5.41, 5.74) is 0.973. The molecule has 1 fully saturated rings. The van der Waals surface area contributed by atoms with E-state index in [1.54, 1.807) is 25.4 Å². The van der Waals surface area contributed by atoms with Crippen molar-refractivity contribution in [2.45, 2.75) is 45.6 Å². The van der Waals surface area contributed by atoms with Crippen LogP contribution in [-0.4, -0.2) is 33.0 Å². The van der Waals surface area contributed by atoms with Crippen molar-refractivity contribution in [3.63, 3.8) is 0 Å². The van der Waals surface area contributed by atoms with E-state index in [0.29, 0.717) is 29.1 Å². The second-order valence-corrected chi connectivity index (χ2v) is 9.51. The van der Waals surface area contributed by atoms with Crippen molar-refractivity contribution < 1.29 is 9.50 Å². The summed E-state index contributed by atoms with van der Waals surface area (Å²) in [6, 6.07) is 9.58. The molecule has 3 aromatic rings. The lowest BCUT2D eigenvalue weighted by Gasteiger charge is -2.30. The molecule has 1 aliphatic carbocycles. The molecule has 3 atom stereocenters. The lowest BCUT2D eigenvalue weighted by molar-refractivity contribution is 0.446. The fourth-order valence-corrected chi connectivity index (χ4v) is 4.69. The van der Waals surface area contributed by atoms with Crippen LogP contribution in [0.3, 0.4) is 0 Å². The number of halogens is 1. The first kappa shape index (κ1) is 23.0. The molecule has 4 rings (SSSR count). The third-order valence-electron chi connectivity index (χ3n) is 6.84. The summed E-state index contributed by atoms with van der Waals surface area (Å²) in [5.74, 6) is 1.46. The fraction of sp³-hybridized carbons (Fsp3) is 0.423. The molecule has 1 N–H and O–H groups in total. The van der Waals surface area contributed by atoms with Crippen molar-refractivity contribution in [2.24, 2.45) is 18.9 Å². The minimum atomic E-state index is -0.541. The summed E-state index contributed by atoms with van der Waals surface area (Å²) in [6.07, 6.45) is 6.34. The molecule has 0 bridgehead atoms. The number of anilines is 1. The normalized spacial score (nSPS) is 20.9. The molecule has 0 radical (unpaired) electrons. The predicted octanol–water partition coefficient (Wildman–Crippen LogP) is 5.01. The van der Waals surface area contributed by atoms with Gasteiger partial charge in [-0.2, -0.15) is 0 Å². The molecule has 6 nitrogen and oxygen atoms in total. The first-order valence-electron chi connectivity index (χ1n) is 11.5. The van der Waals surface area contributed by atoms with E-state index >= 15 is 0 Å². The van der Waals surface area contributed by atoms with Crippen LogP contribution < -0.4 is 10.5 Å². The quantitative estimate of drug-likeness (QED) is 0.566. The number of aromatic nitrogens is 3. The highest BCUT2D eigenvalue weighted by molar-refractivity contribution is 5.74. The van der Waals surface area contributed by atoms with Gasteiger partial charge in [0.2, 0.25) is 0 Å². The zero-order valence-corrected chi connectivity index (χ0v) is 19.6. The highest BCUT2D eigenvalue weighted by Gasteiger charge is 2.25. The van der Waals surface area contributed by atoms with E-state index < -0.39 is 5.82 Å². The zero-order valence-electron chi connectivity index (χ0n) is 19.6. The maximum Gasteiger partial charge on any atom is 0.250 e. The molecule has 0 aliphatic heterocycles. The van der Waals surface area contributed by atoms with Gasteiger partial charge in [-0.3, -0.25) is 4.79 Å². The van der Waals surface area contributed by atoms with E-state index in [1.807, 2.05) is 6.07 Å². The SMILES string of the molecule is C[C@@H]1CC[C@H](C)CC(N(C)c2ccc(-c3cc(F)c(-c4ccn(C)c(=O)c4)cc3O)nn2)C1. The zero-order chi connectivity index (χ0) is 23.7. The third-order valence-corrected chi connectivity index (χ3v) is 6.84. The second-order valence-electron chi connectivity index (χ2n) is 9.51. The van der Waals surface area contributed by atoms with Gasteiger partial charge in [-0.1, -0.05) is 26.7 Å². The molecule has 0 saturated heterocycles. The standard InChI is InChI=1S/C26H31FN4O2/c1-16-5-6-17(2)12-19(11-16)31(4)25-8-7-23(28-29-25)21-14-22(27)20(15-24(21)32)18-9-10-30(3)26(33)13-18/h7-10,13-17,19,32H,5-6,11-12H2,1-4H3/t16-,17+,19?. The Morgan fingerprint density at radius 1 is 1.03 bits per heavy atom. The molecule has 0 amide bonds. The van der Waals surface area contributed by atoms with Gasteiger partial charge in [-0.25, -0.2) is 4.39 Å². The Bertz CT molecular complexity index is 1180. The molecule has 2 heterocycles. The van der Waals surface area contributed by atoms with Crippen LogP contribution in [0.1, 0.15) is 39.5 Å². The summed E-state index contributed by atoms with van der Waals surface area (Å²) in [6.45, 7) is 4.61. The summed E-state index contributed by atoms with van der Waals surface area (Å²) >= 11 is 0. The topological polar surface area (TPSA) is 71.2 Å². The van der Waals surface area contributed by atoms with Crippen molar-refractivity contribution in [1.82, 2.24) is 14.8 Å². The van der Waals surface area contributed by atoms with Crippen molar-refractivity contribution >= 4 is 5.82 Å². The van der Waals surface area contributed by atoms with E-state index in [-0.39, 0.29) is 22.4 Å². The molecular formula is C26H31FN4O2. The van der Waals surface area contributed by atoms with Crippen molar-refractivity contribution in [2.75, 3.05) is 11.9 Å². The van der Waals surface area contributed by atoms with Crippen LogP contribution in [0.4, 0.5) is 10.2 Å². The first-order chi connectivity index (χ1) is 15.7. The molecule has 1 saturated carbocycles. The van der Waals surface area contributed by atoms with Crippen LogP contribution in [0, 0.1) is 17.7 Å². The highest BCUT2D eigenvalue weighted by atomic mass is 19.1. The Kier molecular flexibility index (Phi) is 6.49. The summed E-state index contributed by atoms with van der Waals surface area (Å²) in [4.78, 5) is 14.1. The van der Waals surface area contributed by atoms with E-state index in [0.717, 1.165) is 18.7 Å². The van der Waals surface area contributed by atoms with E-state index in [2.05, 4.69) is 36.0 Å². The number of hydrogen-bond acceptors (Lipinski definition) is 5. The number of aromatic hydroxyl groups is 1. The Hall–Kier alpha value is -3.22. The molecule has 1 aliphatic rings. The lowest BCUT2D eigenvalue weighted by atomic mass is 9.98. The van der Waals surface area contributed by atoms with Gasteiger partial charge in [0.15, 0.2) is 5.82 Å². The molecule has 33 heavy (non-hydrogen) atoms. The van der Waals surface area contributed by atoms with Crippen molar-refractivity contribution in [3.05, 3.63) is 58.8 Å². The van der Waals surface area contributed by atoms with Crippen LogP contribution >= 0.6 is 0 Å². The monoisotopic (exact) mass is 450 g/mol. The minimum absolute atomic E-state index is 0.117. The molecule has 1 unspecified atom stereocenters. The van der Waals surface area contributed by atoms with Gasteiger partial charge in [-0.05, 0) is 60.6 Å². The number of pyridine rings is 1. The Morgan fingerprint density at radius 2 is 1.73 bits per heavy atom. The van der Waals surface area contributed by atoms with E-state index in [1.165, 1.54) is 35.6 Å². The Morgan fingerprint density at radius 3 is 2.33 bits per heavy atom. The number of benzene rings is 1. The van der Waals surface area contributed by atoms with Gasteiger partial charge in [0, 0.05) is 43.5 Å². The molecular weight excluding hydrogens is 419 g/mol. The molecule has 7 heteroatoms. The van der Waals surface area contributed by atoms with E-state index in [9.17, 15) is 14.3 Å². The number of rotatable bonds is 4. The van der Waals surface area contributed by atoms with Gasteiger partial charge in [0.1, 0.15) is 11.6 Å². The van der Waals surface area contributed by atoms with Crippen molar-refractivity contribution in [3.8, 4) is 28.1 Å². The Labute approximate surface area is 193 Å². The molecule has 2 aromatic heterocycles. The van der Waals surface area contributed by atoms with Crippen LogP contribution in [0.2, 0.25) is 0 Å². The predicted molar refractivity (Wildman–Crippen MR) is 129 cm³/mol. The maximum absolute atomic E-state index is 14.9. The minimum Gasteiger partial charge on any atom is -0.507 e. The summed E-state index contributed by atoms with van der Waals surface area (Å²) in [5, 5.41) is 19.3. The fourth-order valence-electron chi connectivity index (χ4n) is 4.69. The second kappa shape index (κ2) is 9.33. The molecule has 0 spiro atoms. The number of phenolic OH excluding ortho intramolecular Hbond substituents is 1. The number of aryl methyl sites for hydroxylation is 1. The first-order valence-corrected chi connectivity index (χ1v) is 11.5. The number of nitrogens with zero attached hydrogens (tertiary/aromatic N) is 4. The largest absolute Gasteiger partial charge is 0.507 e. The van der Waals surface area contributed by atoms with Crippen LogP contribution in [0.5, 0.6) is 5.75 Å². The Balaban J connectivity index is 1.59. The smallest absolute Gasteiger partial charge is 0.250 e. The summed E-state index contributed by atoms with van der Waals surface area (Å²) in [7, 11) is 3.68. The van der Waals surface area contributed by atoms with Crippen molar-refractivity contribution in [1.29, 1.82) is 0 Å². The molecule has 174 valence electrons. The number of phenols is 1. The molecule has 1 aromatic carbocycles. The van der Waals surface area contributed by atoms with Crippen LogP contribution in [0.25, 0.3) is 22.4 Å². The van der Waals surface area contributed by atoms with Crippen LogP contribution in [-0.2, 0) is 7.05 Å². The maximum atomic E-state index is 14.9. The van der Waals surface area contributed by atoms with Gasteiger partial charge < -0.3 is 14.6 Å². The van der Waals surface area contributed by atoms with Gasteiger partial charge in [0.25, 0.3) is 5.56 Å². The summed E-state index contributed by atoms with van der Waals surface area (Å²) < 4.78 is 16.3. The average Bonchev–Trinajstić information content (AvgIpc) is 2.97. The lowest BCUT2D eigenvalue weighted by Crippen LogP contribution is -2.34. The van der Waals surface area contributed by atoms with E-state index in [4.69, 9.17) is 0 Å². The van der Waals surface area contributed by atoms with Gasteiger partial charge in [0.05, 0.1) is 5.69 Å². The van der Waals surface area contributed by atoms with Crippen LogP contribution in [0.15, 0.2) is 47.4 Å². The highest BCUT2D eigenvalue weighted by Crippen LogP contribution is 2.35. The van der Waals surface area contributed by atoms with Gasteiger partial charge >= 0.3 is 0 Å². The average molecular weight is 451 g/mol. The number of hydrogen-bond donors (Lipinski definition) is 1.